The number of anilines is 1. The predicted octanol–water partition coefficient (Wildman–Crippen LogP) is -5.20. The van der Waals surface area contributed by atoms with Crippen LogP contribution in [0.1, 0.15) is 27.4 Å². The molecule has 0 aromatic heterocycles. The molecule has 0 fully saturated rings. The van der Waals surface area contributed by atoms with Crippen LogP contribution in [0.5, 0.6) is 5.75 Å². The standard InChI is InChI=1S/C17H11Cl2NO5.2Na/c18-7-4-9(19)13-10(5-7)20-14(17(23)24)15-12(13)8-3-6(16(21)22)1-2-11(8)25-15;;/h1-5,12,14-15,20H,(H,21,22)(H,23,24);;/q;2*+1/p-2. The van der Waals surface area contributed by atoms with Gasteiger partial charge in [0.05, 0.1) is 17.9 Å². The summed E-state index contributed by atoms with van der Waals surface area (Å²) < 4.78 is 5.77. The van der Waals surface area contributed by atoms with Gasteiger partial charge in [-0.15, -0.1) is 0 Å². The third-order valence-electron chi connectivity index (χ3n) is 4.47. The number of halogens is 2. The van der Waals surface area contributed by atoms with Crippen LogP contribution in [0.3, 0.4) is 0 Å². The molecule has 2 heterocycles. The van der Waals surface area contributed by atoms with Crippen molar-refractivity contribution in [2.24, 2.45) is 0 Å². The molecule has 3 unspecified atom stereocenters. The summed E-state index contributed by atoms with van der Waals surface area (Å²) in [6.07, 6.45) is -0.830. The fraction of sp³-hybridized carbons (Fsp3) is 0.176. The number of carbonyl (C=O) groups excluding carboxylic acids is 2. The summed E-state index contributed by atoms with van der Waals surface area (Å²) in [6, 6.07) is 6.20. The minimum atomic E-state index is -1.34. The first-order chi connectivity index (χ1) is 11.9. The number of fused-ring (bicyclic) bond motifs is 5. The molecule has 1 N–H and O–H groups in total. The van der Waals surface area contributed by atoms with Crippen LogP contribution in [0, 0.1) is 0 Å². The van der Waals surface area contributed by atoms with Gasteiger partial charge in [-0.3, -0.25) is 0 Å². The fourth-order valence-electron chi connectivity index (χ4n) is 3.46. The summed E-state index contributed by atoms with van der Waals surface area (Å²) in [5.41, 5.74) is 1.55. The molecule has 6 nitrogen and oxygen atoms in total. The molecule has 3 atom stereocenters. The Labute approximate surface area is 208 Å². The number of carboxylic acid groups (broad SMARTS) is 2. The number of carbonyl (C=O) groups is 2. The van der Waals surface area contributed by atoms with E-state index in [9.17, 15) is 19.8 Å². The number of rotatable bonds is 2. The Morgan fingerprint density at radius 3 is 2.41 bits per heavy atom. The molecule has 27 heavy (non-hydrogen) atoms. The van der Waals surface area contributed by atoms with E-state index in [0.717, 1.165) is 0 Å². The van der Waals surface area contributed by atoms with Gasteiger partial charge in [0, 0.05) is 26.9 Å². The molecule has 2 aromatic rings. The molecular formula is C17H9Cl2NNa2O5. The van der Waals surface area contributed by atoms with Crippen LogP contribution >= 0.6 is 23.2 Å². The average molecular weight is 424 g/mol. The number of hydrogen-bond donors (Lipinski definition) is 1. The Hall–Kier alpha value is -0.440. The van der Waals surface area contributed by atoms with Gasteiger partial charge in [0.2, 0.25) is 0 Å². The van der Waals surface area contributed by atoms with Crippen molar-refractivity contribution in [2.45, 2.75) is 18.1 Å². The molecule has 10 heteroatoms. The summed E-state index contributed by atoms with van der Waals surface area (Å²) in [5.74, 6) is -2.85. The van der Waals surface area contributed by atoms with E-state index in [1.165, 1.54) is 18.2 Å². The zero-order chi connectivity index (χ0) is 17.9. The van der Waals surface area contributed by atoms with Crippen molar-refractivity contribution in [3.05, 3.63) is 57.1 Å². The van der Waals surface area contributed by atoms with E-state index in [0.29, 0.717) is 32.6 Å². The van der Waals surface area contributed by atoms with Gasteiger partial charge >= 0.3 is 59.1 Å². The third-order valence-corrected chi connectivity index (χ3v) is 5.00. The molecule has 0 spiro atoms. The number of ether oxygens (including phenoxy) is 1. The Morgan fingerprint density at radius 2 is 1.78 bits per heavy atom. The quantitative estimate of drug-likeness (QED) is 0.484. The summed E-state index contributed by atoms with van der Waals surface area (Å²) in [7, 11) is 0. The molecule has 0 bridgehead atoms. The number of nitrogens with one attached hydrogen (secondary N) is 1. The maximum absolute atomic E-state index is 11.6. The zero-order valence-electron chi connectivity index (χ0n) is 14.4. The second-order valence-electron chi connectivity index (χ2n) is 5.89. The largest absolute Gasteiger partial charge is 1.00 e. The summed E-state index contributed by atoms with van der Waals surface area (Å²) in [6.45, 7) is 0. The first-order valence-corrected chi connectivity index (χ1v) is 8.10. The average Bonchev–Trinajstić information content (AvgIpc) is 2.91. The Morgan fingerprint density at radius 1 is 1.07 bits per heavy atom. The third kappa shape index (κ3) is 3.87. The van der Waals surface area contributed by atoms with Crippen LogP contribution in [0.2, 0.25) is 10.0 Å². The fourth-order valence-corrected chi connectivity index (χ4v) is 4.07. The normalized spacial score (nSPS) is 21.2. The van der Waals surface area contributed by atoms with Crippen molar-refractivity contribution in [1.82, 2.24) is 0 Å². The van der Waals surface area contributed by atoms with E-state index in [1.807, 2.05) is 0 Å². The summed E-state index contributed by atoms with van der Waals surface area (Å²) >= 11 is 12.4. The molecule has 2 aliphatic heterocycles. The van der Waals surface area contributed by atoms with Crippen LogP contribution in [-0.4, -0.2) is 24.1 Å². The minimum Gasteiger partial charge on any atom is -0.548 e. The number of hydrogen-bond acceptors (Lipinski definition) is 6. The predicted molar refractivity (Wildman–Crippen MR) is 85.9 cm³/mol. The van der Waals surface area contributed by atoms with Crippen LogP contribution in [0.25, 0.3) is 0 Å². The van der Waals surface area contributed by atoms with E-state index in [1.54, 1.807) is 12.1 Å². The van der Waals surface area contributed by atoms with Crippen molar-refractivity contribution < 1.29 is 83.7 Å². The molecule has 2 aromatic carbocycles. The molecule has 4 rings (SSSR count). The van der Waals surface area contributed by atoms with Gasteiger partial charge in [0.1, 0.15) is 17.9 Å². The first kappa shape index (κ1) is 22.8. The smallest absolute Gasteiger partial charge is 0.548 e. The van der Waals surface area contributed by atoms with Crippen molar-refractivity contribution in [3.63, 3.8) is 0 Å². The minimum absolute atomic E-state index is 0. The number of carboxylic acids is 2. The van der Waals surface area contributed by atoms with Gasteiger partial charge in [-0.2, -0.15) is 0 Å². The molecule has 2 aliphatic rings. The second-order valence-corrected chi connectivity index (χ2v) is 6.73. The Bertz CT molecular complexity index is 940. The molecule has 0 aliphatic carbocycles. The first-order valence-electron chi connectivity index (χ1n) is 7.35. The molecule has 0 radical (unpaired) electrons. The zero-order valence-corrected chi connectivity index (χ0v) is 19.9. The van der Waals surface area contributed by atoms with Gasteiger partial charge in [0.25, 0.3) is 0 Å². The van der Waals surface area contributed by atoms with Crippen LogP contribution in [0.15, 0.2) is 30.3 Å². The van der Waals surface area contributed by atoms with Crippen LogP contribution in [0.4, 0.5) is 5.69 Å². The molecular weight excluding hydrogens is 415 g/mol. The van der Waals surface area contributed by atoms with Crippen molar-refractivity contribution >= 4 is 40.8 Å². The van der Waals surface area contributed by atoms with Crippen molar-refractivity contribution in [3.8, 4) is 5.75 Å². The van der Waals surface area contributed by atoms with E-state index in [4.69, 9.17) is 27.9 Å². The maximum Gasteiger partial charge on any atom is 1.00 e. The maximum atomic E-state index is 11.6. The van der Waals surface area contributed by atoms with Gasteiger partial charge in [0.15, 0.2) is 0 Å². The topological polar surface area (TPSA) is 102 Å². The van der Waals surface area contributed by atoms with Gasteiger partial charge in [-0.25, -0.2) is 0 Å². The van der Waals surface area contributed by atoms with Gasteiger partial charge in [-0.1, -0.05) is 23.2 Å². The number of aliphatic carboxylic acids is 1. The Kier molecular flexibility index (Phi) is 7.20. The van der Waals surface area contributed by atoms with E-state index in [2.05, 4.69) is 5.32 Å². The number of benzene rings is 2. The monoisotopic (exact) mass is 423 g/mol. The van der Waals surface area contributed by atoms with Crippen LogP contribution in [-0.2, 0) is 4.79 Å². The van der Waals surface area contributed by atoms with E-state index < -0.39 is 30.0 Å². The van der Waals surface area contributed by atoms with Gasteiger partial charge < -0.3 is 29.9 Å². The molecule has 0 amide bonds. The molecule has 128 valence electrons. The SMILES string of the molecule is O=C([O-])c1ccc2c(c1)C1c3c(Cl)cc(Cl)cc3NC(C(=O)[O-])C1O2.[Na+].[Na+]. The number of aromatic carboxylic acids is 1. The van der Waals surface area contributed by atoms with Crippen molar-refractivity contribution in [1.29, 1.82) is 0 Å². The molecule has 0 saturated heterocycles. The van der Waals surface area contributed by atoms with Crippen molar-refractivity contribution in [2.75, 3.05) is 5.32 Å². The summed E-state index contributed by atoms with van der Waals surface area (Å²) in [4.78, 5) is 22.8. The van der Waals surface area contributed by atoms with E-state index in [-0.39, 0.29) is 64.7 Å². The second kappa shape index (κ2) is 8.51. The van der Waals surface area contributed by atoms with E-state index >= 15 is 0 Å². The Balaban J connectivity index is 0.00000131. The molecule has 0 saturated carbocycles. The van der Waals surface area contributed by atoms with Crippen LogP contribution < -0.4 is 79.4 Å². The van der Waals surface area contributed by atoms with Gasteiger partial charge in [-0.05, 0) is 35.9 Å². The summed E-state index contributed by atoms with van der Waals surface area (Å²) in [5, 5.41) is 26.3.